The quantitative estimate of drug-likeness (QED) is 0.468. The van der Waals surface area contributed by atoms with E-state index in [1.165, 1.54) is 16.7 Å². The first kappa shape index (κ1) is 26.9. The fourth-order valence-corrected chi connectivity index (χ4v) is 5.29. The highest BCUT2D eigenvalue weighted by Crippen LogP contribution is 2.48. The van der Waals surface area contributed by atoms with E-state index in [1.54, 1.807) is 12.1 Å². The van der Waals surface area contributed by atoms with Crippen LogP contribution in [0.3, 0.4) is 0 Å². The molecule has 188 valence electrons. The molecule has 0 aromatic heterocycles. The van der Waals surface area contributed by atoms with Gasteiger partial charge in [-0.05, 0) is 60.2 Å². The molecule has 0 saturated carbocycles. The molecule has 4 rings (SSSR count). The number of nitrogens with zero attached hydrogens (tertiary/aromatic N) is 1. The number of piperazine rings is 1. The summed E-state index contributed by atoms with van der Waals surface area (Å²) >= 11 is 6.37. The van der Waals surface area contributed by atoms with Gasteiger partial charge in [-0.15, -0.1) is 0 Å². The van der Waals surface area contributed by atoms with Gasteiger partial charge in [0.05, 0.1) is 0 Å². The minimum absolute atomic E-state index is 0.178. The Bertz CT molecular complexity index is 1050. The first-order valence-electron chi connectivity index (χ1n) is 11.9. The number of halogens is 2. The molecule has 3 N–H and O–H groups in total. The van der Waals surface area contributed by atoms with Crippen molar-refractivity contribution in [2.45, 2.75) is 50.6 Å². The summed E-state index contributed by atoms with van der Waals surface area (Å²) in [5, 5.41) is 20.2. The number of carboxylic acid groups (broad SMARTS) is 2. The van der Waals surface area contributed by atoms with Crippen LogP contribution in [0, 0.1) is 5.82 Å². The number of benzene rings is 2. The van der Waals surface area contributed by atoms with E-state index in [2.05, 4.69) is 36.2 Å². The van der Waals surface area contributed by atoms with Crippen LogP contribution in [0.4, 0.5) is 4.39 Å². The molecule has 0 unspecified atom stereocenters. The molecule has 1 heterocycles. The van der Waals surface area contributed by atoms with Crippen molar-refractivity contribution in [1.82, 2.24) is 10.2 Å². The van der Waals surface area contributed by atoms with Crippen molar-refractivity contribution in [2.75, 3.05) is 19.6 Å². The number of nitrogens with one attached hydrogen (secondary N) is 1. The molecule has 2 aliphatic rings. The van der Waals surface area contributed by atoms with Gasteiger partial charge in [0.25, 0.3) is 0 Å². The molecule has 6 nitrogen and oxygen atoms in total. The summed E-state index contributed by atoms with van der Waals surface area (Å²) in [5.41, 5.74) is 4.08. The molecule has 1 fully saturated rings. The smallest absolute Gasteiger partial charge is 0.328 e. The molecule has 1 aliphatic carbocycles. The number of rotatable bonds is 6. The van der Waals surface area contributed by atoms with Crippen molar-refractivity contribution in [3.8, 4) is 0 Å². The second kappa shape index (κ2) is 11.8. The summed E-state index contributed by atoms with van der Waals surface area (Å²) in [5.74, 6) is -2.39. The summed E-state index contributed by atoms with van der Waals surface area (Å²) in [6, 6.07) is 13.7. The third kappa shape index (κ3) is 6.69. The van der Waals surface area contributed by atoms with E-state index in [0.29, 0.717) is 24.1 Å². The third-order valence-electron chi connectivity index (χ3n) is 7.08. The Morgan fingerprint density at radius 1 is 1.09 bits per heavy atom. The van der Waals surface area contributed by atoms with Crippen molar-refractivity contribution in [1.29, 1.82) is 0 Å². The van der Waals surface area contributed by atoms with Crippen molar-refractivity contribution in [3.63, 3.8) is 0 Å². The Balaban J connectivity index is 0.000000371. The zero-order chi connectivity index (χ0) is 25.6. The van der Waals surface area contributed by atoms with Gasteiger partial charge in [0.1, 0.15) is 5.82 Å². The van der Waals surface area contributed by atoms with E-state index in [1.807, 2.05) is 18.2 Å². The van der Waals surface area contributed by atoms with Crippen molar-refractivity contribution in [3.05, 3.63) is 82.1 Å². The molecule has 2 aromatic carbocycles. The minimum Gasteiger partial charge on any atom is -0.478 e. The first-order valence-corrected chi connectivity index (χ1v) is 12.2. The van der Waals surface area contributed by atoms with E-state index < -0.39 is 11.9 Å². The lowest BCUT2D eigenvalue weighted by Crippen LogP contribution is -2.60. The van der Waals surface area contributed by atoms with Gasteiger partial charge in [0.15, 0.2) is 0 Å². The predicted octanol–water partition coefficient (Wildman–Crippen LogP) is 5.23. The Labute approximate surface area is 210 Å². The fourth-order valence-electron chi connectivity index (χ4n) is 5.11. The molecule has 2 aromatic rings. The van der Waals surface area contributed by atoms with Crippen molar-refractivity contribution in [2.24, 2.45) is 0 Å². The maximum Gasteiger partial charge on any atom is 0.328 e. The largest absolute Gasteiger partial charge is 0.478 e. The standard InChI is InChI=1S/C23H28ClFN2.C4H4O4/c1-3-23(4-2)15-27(12-11-26-23)22-14-20(16-5-8-18(25)9-6-16)19-10-7-17(24)13-21(19)22;5-3(6)1-2-4(7)8/h5-10,13,20,22,26H,3-4,11-12,14-15H2,1-2H3;1-2H,(H,5,6)(H,7,8)/b;2-1+/t20-,22+;/m0./s1. The maximum absolute atomic E-state index is 13.4. The highest BCUT2D eigenvalue weighted by atomic mass is 35.5. The molecule has 0 radical (unpaired) electrons. The van der Waals surface area contributed by atoms with Gasteiger partial charge < -0.3 is 15.5 Å². The van der Waals surface area contributed by atoms with Crippen LogP contribution in [0.1, 0.15) is 61.8 Å². The van der Waals surface area contributed by atoms with Gasteiger partial charge in [-0.25, -0.2) is 14.0 Å². The van der Waals surface area contributed by atoms with Gasteiger partial charge in [0, 0.05) is 54.3 Å². The lowest BCUT2D eigenvalue weighted by molar-refractivity contribution is -0.134. The van der Waals surface area contributed by atoms with Crippen LogP contribution in [0.25, 0.3) is 0 Å². The second-order valence-electron chi connectivity index (χ2n) is 9.02. The van der Waals surface area contributed by atoms with Gasteiger partial charge in [0.2, 0.25) is 0 Å². The molecule has 0 spiro atoms. The van der Waals surface area contributed by atoms with Crippen molar-refractivity contribution >= 4 is 23.5 Å². The number of hydrogen-bond acceptors (Lipinski definition) is 4. The molecular formula is C27H32ClFN2O4. The van der Waals surface area contributed by atoms with Gasteiger partial charge >= 0.3 is 11.9 Å². The van der Waals surface area contributed by atoms with Gasteiger partial charge in [-0.3, -0.25) is 4.90 Å². The summed E-state index contributed by atoms with van der Waals surface area (Å²) in [6.45, 7) is 7.69. The fraction of sp³-hybridized carbons (Fsp3) is 0.407. The monoisotopic (exact) mass is 502 g/mol. The molecule has 35 heavy (non-hydrogen) atoms. The molecule has 8 heteroatoms. The SMILES string of the molecule is CCC1(CC)CN([C@@H]2C[C@@H](c3ccc(F)cc3)c3ccc(Cl)cc32)CCN1.O=C(O)/C=C/C(=O)O. The molecule has 0 bridgehead atoms. The second-order valence-corrected chi connectivity index (χ2v) is 9.46. The minimum atomic E-state index is -1.26. The molecule has 0 amide bonds. The Morgan fingerprint density at radius 3 is 2.29 bits per heavy atom. The van der Waals surface area contributed by atoms with Crippen molar-refractivity contribution < 1.29 is 24.2 Å². The summed E-state index contributed by atoms with van der Waals surface area (Å²) < 4.78 is 13.4. The average Bonchev–Trinajstić information content (AvgIpc) is 3.22. The van der Waals surface area contributed by atoms with E-state index in [-0.39, 0.29) is 11.4 Å². The van der Waals surface area contributed by atoms with E-state index in [9.17, 15) is 14.0 Å². The third-order valence-corrected chi connectivity index (χ3v) is 7.32. The molecular weight excluding hydrogens is 471 g/mol. The van der Waals surface area contributed by atoms with Gasteiger partial charge in [-0.1, -0.05) is 43.6 Å². The van der Waals surface area contributed by atoms with E-state index in [0.717, 1.165) is 43.9 Å². The number of aliphatic carboxylic acids is 2. The molecule has 1 aliphatic heterocycles. The topological polar surface area (TPSA) is 89.9 Å². The zero-order valence-corrected chi connectivity index (χ0v) is 20.8. The van der Waals surface area contributed by atoms with Crippen LogP contribution in [-0.2, 0) is 9.59 Å². The lowest BCUT2D eigenvalue weighted by atomic mass is 9.89. The zero-order valence-electron chi connectivity index (χ0n) is 20.0. The van der Waals surface area contributed by atoms with Crippen LogP contribution in [-0.4, -0.2) is 52.2 Å². The summed E-state index contributed by atoms with van der Waals surface area (Å²) in [4.78, 5) is 21.7. The van der Waals surface area contributed by atoms with Crippen LogP contribution in [0.15, 0.2) is 54.6 Å². The van der Waals surface area contributed by atoms with Crippen LogP contribution in [0.5, 0.6) is 0 Å². The number of carboxylic acids is 2. The number of carbonyl (C=O) groups is 2. The van der Waals surface area contributed by atoms with Crippen LogP contribution < -0.4 is 5.32 Å². The lowest BCUT2D eigenvalue weighted by Gasteiger charge is -2.45. The van der Waals surface area contributed by atoms with E-state index >= 15 is 0 Å². The number of fused-ring (bicyclic) bond motifs is 1. The number of hydrogen-bond donors (Lipinski definition) is 3. The molecule has 1 saturated heterocycles. The van der Waals surface area contributed by atoms with Gasteiger partial charge in [-0.2, -0.15) is 0 Å². The predicted molar refractivity (Wildman–Crippen MR) is 134 cm³/mol. The maximum atomic E-state index is 13.4. The highest BCUT2D eigenvalue weighted by molar-refractivity contribution is 6.30. The normalized spacial score (nSPS) is 21.3. The average molecular weight is 503 g/mol. The molecule has 2 atom stereocenters. The first-order chi connectivity index (χ1) is 16.7. The van der Waals surface area contributed by atoms with E-state index in [4.69, 9.17) is 21.8 Å². The Hall–Kier alpha value is -2.74. The summed E-state index contributed by atoms with van der Waals surface area (Å²) in [6.07, 6.45) is 4.42. The van der Waals surface area contributed by atoms with Crippen LogP contribution >= 0.6 is 11.6 Å². The Morgan fingerprint density at radius 2 is 1.71 bits per heavy atom. The van der Waals surface area contributed by atoms with Crippen LogP contribution in [0.2, 0.25) is 5.02 Å². The summed E-state index contributed by atoms with van der Waals surface area (Å²) in [7, 11) is 0. The Kier molecular flexibility index (Phi) is 9.05. The highest BCUT2D eigenvalue weighted by Gasteiger charge is 2.40.